The molecule has 11 aromatic rings. The maximum absolute atomic E-state index is 6.60. The zero-order chi connectivity index (χ0) is 38.4. The Bertz CT molecular complexity index is 3290. The fourth-order valence-corrected chi connectivity index (χ4v) is 8.61. The molecule has 0 atom stereocenters. The van der Waals surface area contributed by atoms with E-state index in [0.29, 0.717) is 0 Å². The topological polar surface area (TPSA) is 16.4 Å². The van der Waals surface area contributed by atoms with E-state index in [2.05, 4.69) is 229 Å². The third-order valence-corrected chi connectivity index (χ3v) is 11.4. The molecule has 0 fully saturated rings. The molecular formula is C56H37NO. The lowest BCUT2D eigenvalue weighted by molar-refractivity contribution is 0.673. The summed E-state index contributed by atoms with van der Waals surface area (Å²) in [7, 11) is 0. The first kappa shape index (κ1) is 33.6. The number of rotatable bonds is 7. The minimum atomic E-state index is 0.890. The molecule has 11 rings (SSSR count). The Kier molecular flexibility index (Phi) is 8.19. The predicted octanol–water partition coefficient (Wildman–Crippen LogP) is 16.0. The van der Waals surface area contributed by atoms with Crippen LogP contribution < -0.4 is 4.90 Å². The summed E-state index contributed by atoms with van der Waals surface area (Å²) < 4.78 is 6.60. The zero-order valence-corrected chi connectivity index (χ0v) is 31.7. The minimum Gasteiger partial charge on any atom is -0.455 e. The van der Waals surface area contributed by atoms with Gasteiger partial charge in [0, 0.05) is 33.1 Å². The first-order valence-corrected chi connectivity index (χ1v) is 19.8. The molecule has 0 aliphatic heterocycles. The second-order valence-corrected chi connectivity index (χ2v) is 14.9. The fraction of sp³-hybridized carbons (Fsp3) is 0. The van der Waals surface area contributed by atoms with Crippen molar-refractivity contribution >= 4 is 60.5 Å². The molecule has 0 saturated heterocycles. The summed E-state index contributed by atoms with van der Waals surface area (Å²) in [5.41, 5.74) is 14.5. The van der Waals surface area contributed by atoms with Crippen molar-refractivity contribution in [3.8, 4) is 44.5 Å². The Morgan fingerprint density at radius 3 is 1.81 bits per heavy atom. The van der Waals surface area contributed by atoms with Crippen LogP contribution in [0.5, 0.6) is 0 Å². The molecule has 0 aliphatic rings. The summed E-state index contributed by atoms with van der Waals surface area (Å²) >= 11 is 0. The lowest BCUT2D eigenvalue weighted by atomic mass is 9.96. The first-order valence-electron chi connectivity index (χ1n) is 19.8. The Balaban J connectivity index is 1.03. The van der Waals surface area contributed by atoms with Crippen molar-refractivity contribution in [3.05, 3.63) is 224 Å². The van der Waals surface area contributed by atoms with E-state index in [0.717, 1.165) is 61.1 Å². The molecular weight excluding hydrogens is 703 g/mol. The van der Waals surface area contributed by atoms with Gasteiger partial charge in [-0.25, -0.2) is 0 Å². The largest absolute Gasteiger partial charge is 0.455 e. The summed E-state index contributed by atoms with van der Waals surface area (Å²) in [6, 6.07) is 80.7. The van der Waals surface area contributed by atoms with Crippen molar-refractivity contribution in [1.29, 1.82) is 0 Å². The number of nitrogens with zero attached hydrogens (tertiary/aromatic N) is 1. The Labute approximate surface area is 337 Å². The molecule has 0 unspecified atom stereocenters. The van der Waals surface area contributed by atoms with Crippen molar-refractivity contribution in [3.63, 3.8) is 0 Å². The maximum atomic E-state index is 6.60. The van der Waals surface area contributed by atoms with Crippen LogP contribution in [0.4, 0.5) is 17.1 Å². The number of hydrogen-bond acceptors (Lipinski definition) is 2. The van der Waals surface area contributed by atoms with Crippen LogP contribution in [0, 0.1) is 0 Å². The average molecular weight is 740 g/mol. The monoisotopic (exact) mass is 739 g/mol. The molecule has 0 bridgehead atoms. The van der Waals surface area contributed by atoms with E-state index in [1.54, 1.807) is 0 Å². The van der Waals surface area contributed by atoms with E-state index in [1.165, 1.54) is 44.0 Å². The zero-order valence-electron chi connectivity index (χ0n) is 31.7. The van der Waals surface area contributed by atoms with E-state index in [-0.39, 0.29) is 0 Å². The second kappa shape index (κ2) is 14.1. The van der Waals surface area contributed by atoms with Gasteiger partial charge >= 0.3 is 0 Å². The normalized spacial score (nSPS) is 11.4. The lowest BCUT2D eigenvalue weighted by Gasteiger charge is -2.28. The molecule has 1 aromatic heterocycles. The van der Waals surface area contributed by atoms with Gasteiger partial charge in [0.05, 0.1) is 5.69 Å². The van der Waals surface area contributed by atoms with E-state index < -0.39 is 0 Å². The molecule has 0 aliphatic carbocycles. The van der Waals surface area contributed by atoms with Crippen molar-refractivity contribution in [2.75, 3.05) is 4.90 Å². The van der Waals surface area contributed by atoms with Crippen LogP contribution in [0.1, 0.15) is 0 Å². The van der Waals surface area contributed by atoms with Crippen LogP contribution in [0.25, 0.3) is 88.0 Å². The predicted molar refractivity (Wildman–Crippen MR) is 245 cm³/mol. The number of furan rings is 1. The minimum absolute atomic E-state index is 0.890. The van der Waals surface area contributed by atoms with Gasteiger partial charge in [0.2, 0.25) is 0 Å². The van der Waals surface area contributed by atoms with Crippen LogP contribution in [-0.4, -0.2) is 0 Å². The highest BCUT2D eigenvalue weighted by Gasteiger charge is 2.20. The van der Waals surface area contributed by atoms with Crippen molar-refractivity contribution in [2.45, 2.75) is 0 Å². The highest BCUT2D eigenvalue weighted by atomic mass is 16.3. The third kappa shape index (κ3) is 5.91. The third-order valence-electron chi connectivity index (χ3n) is 11.4. The molecule has 0 radical (unpaired) electrons. The summed E-state index contributed by atoms with van der Waals surface area (Å²) in [6.07, 6.45) is 0. The van der Waals surface area contributed by atoms with Crippen LogP contribution in [0.2, 0.25) is 0 Å². The molecule has 2 nitrogen and oxygen atoms in total. The lowest BCUT2D eigenvalue weighted by Crippen LogP contribution is -2.11. The average Bonchev–Trinajstić information content (AvgIpc) is 3.70. The standard InChI is InChI=1S/C56H37NO/c1-2-14-40(15-3-1)49-22-8-9-25-53(49)57(47-32-29-39(30-33-47)43-18-10-19-44(35-43)45-28-27-38-13-4-5-17-42(38)36-45)48-21-11-20-46(37-48)50-24-12-26-54-55(50)52-34-31-41-16-6-7-23-51(41)56(52)58-54/h1-37H. The summed E-state index contributed by atoms with van der Waals surface area (Å²) in [5.74, 6) is 0. The van der Waals surface area contributed by atoms with Gasteiger partial charge in [0.25, 0.3) is 0 Å². The number of anilines is 3. The van der Waals surface area contributed by atoms with Crippen molar-refractivity contribution in [2.24, 2.45) is 0 Å². The Morgan fingerprint density at radius 1 is 0.310 bits per heavy atom. The van der Waals surface area contributed by atoms with Gasteiger partial charge in [-0.15, -0.1) is 0 Å². The molecule has 272 valence electrons. The highest BCUT2D eigenvalue weighted by Crippen LogP contribution is 2.44. The summed E-state index contributed by atoms with van der Waals surface area (Å²) in [5, 5.41) is 7.06. The van der Waals surface area contributed by atoms with Gasteiger partial charge in [-0.1, -0.05) is 170 Å². The number of benzene rings is 10. The molecule has 2 heteroatoms. The maximum Gasteiger partial charge on any atom is 0.143 e. The Morgan fingerprint density at radius 2 is 0.931 bits per heavy atom. The molecule has 58 heavy (non-hydrogen) atoms. The summed E-state index contributed by atoms with van der Waals surface area (Å²) in [6.45, 7) is 0. The Hall–Kier alpha value is -7.68. The van der Waals surface area contributed by atoms with Gasteiger partial charge in [-0.05, 0) is 110 Å². The highest BCUT2D eigenvalue weighted by molar-refractivity contribution is 6.19. The van der Waals surface area contributed by atoms with Gasteiger partial charge in [-0.2, -0.15) is 0 Å². The molecule has 1 heterocycles. The van der Waals surface area contributed by atoms with Crippen LogP contribution in [0.3, 0.4) is 0 Å². The summed E-state index contributed by atoms with van der Waals surface area (Å²) in [4.78, 5) is 2.39. The SMILES string of the molecule is c1ccc(-c2ccccc2N(c2ccc(-c3cccc(-c4ccc5ccccc5c4)c3)cc2)c2cccc(-c3cccc4oc5c6ccccc6ccc5c34)c2)cc1. The fourth-order valence-electron chi connectivity index (χ4n) is 8.61. The first-order chi connectivity index (χ1) is 28.7. The molecule has 0 N–H and O–H groups in total. The van der Waals surface area contributed by atoms with Crippen LogP contribution in [-0.2, 0) is 0 Å². The molecule has 0 amide bonds. The van der Waals surface area contributed by atoms with Crippen LogP contribution >= 0.6 is 0 Å². The number of fused-ring (bicyclic) bond motifs is 6. The van der Waals surface area contributed by atoms with Crippen molar-refractivity contribution in [1.82, 2.24) is 0 Å². The van der Waals surface area contributed by atoms with Gasteiger partial charge in [-0.3, -0.25) is 0 Å². The number of para-hydroxylation sites is 1. The quantitative estimate of drug-likeness (QED) is 0.162. The molecule has 0 saturated carbocycles. The van der Waals surface area contributed by atoms with Crippen LogP contribution in [0.15, 0.2) is 229 Å². The van der Waals surface area contributed by atoms with E-state index in [4.69, 9.17) is 4.42 Å². The van der Waals surface area contributed by atoms with Gasteiger partial charge < -0.3 is 9.32 Å². The van der Waals surface area contributed by atoms with Gasteiger partial charge in [0.15, 0.2) is 0 Å². The number of hydrogen-bond donors (Lipinski definition) is 0. The van der Waals surface area contributed by atoms with Crippen molar-refractivity contribution < 1.29 is 4.42 Å². The second-order valence-electron chi connectivity index (χ2n) is 14.9. The molecule has 10 aromatic carbocycles. The molecule has 0 spiro atoms. The van der Waals surface area contributed by atoms with E-state index in [1.807, 2.05) is 0 Å². The van der Waals surface area contributed by atoms with E-state index >= 15 is 0 Å². The smallest absolute Gasteiger partial charge is 0.143 e. The van der Waals surface area contributed by atoms with Gasteiger partial charge in [0.1, 0.15) is 11.2 Å². The van der Waals surface area contributed by atoms with E-state index in [9.17, 15) is 0 Å².